The van der Waals surface area contributed by atoms with Crippen LogP contribution in [0.1, 0.15) is 23.2 Å². The third kappa shape index (κ3) is 5.68. The third-order valence-corrected chi connectivity index (χ3v) is 6.50. The highest BCUT2D eigenvalue weighted by molar-refractivity contribution is 7.90. The third-order valence-electron chi connectivity index (χ3n) is 5.12. The van der Waals surface area contributed by atoms with E-state index in [1.807, 2.05) is 42.5 Å². The minimum atomic E-state index is -3.81. The fraction of sp³-hybridized carbons (Fsp3) is 0.160. The Morgan fingerprint density at radius 2 is 1.71 bits per heavy atom. The molecule has 0 aromatic heterocycles. The zero-order valence-electron chi connectivity index (χ0n) is 18.2. The number of nitrogens with one attached hydrogen (secondary N) is 2. The zero-order valence-corrected chi connectivity index (χ0v) is 19.0. The molecular weight excluding hydrogens is 454 g/mol. The number of hydrogen-bond donors (Lipinski definition) is 2. The van der Waals surface area contributed by atoms with E-state index in [4.69, 9.17) is 4.74 Å². The van der Waals surface area contributed by atoms with Gasteiger partial charge in [0.05, 0.1) is 10.5 Å². The number of aliphatic imine (C=N–C) groups is 1. The Morgan fingerprint density at radius 1 is 0.941 bits per heavy atom. The van der Waals surface area contributed by atoms with Crippen molar-refractivity contribution in [2.75, 3.05) is 18.5 Å². The lowest BCUT2D eigenvalue weighted by Crippen LogP contribution is -2.29. The number of amides is 1. The van der Waals surface area contributed by atoms with Crippen molar-refractivity contribution in [1.29, 1.82) is 0 Å². The van der Waals surface area contributed by atoms with Crippen molar-refractivity contribution in [3.05, 3.63) is 84.4 Å². The summed E-state index contributed by atoms with van der Waals surface area (Å²) in [6.07, 6.45) is 1.39. The first-order valence-corrected chi connectivity index (χ1v) is 12.2. The predicted octanol–water partition coefficient (Wildman–Crippen LogP) is 3.62. The van der Waals surface area contributed by atoms with Gasteiger partial charge in [-0.1, -0.05) is 54.6 Å². The molecule has 0 fully saturated rings. The normalized spacial score (nSPS) is 13.1. The van der Waals surface area contributed by atoms with Crippen LogP contribution in [0.2, 0.25) is 0 Å². The minimum absolute atomic E-state index is 0.00585. The molecule has 1 aliphatic rings. The number of anilines is 1. The number of carbonyl (C=O) groups is 2. The Morgan fingerprint density at radius 3 is 2.47 bits per heavy atom. The lowest BCUT2D eigenvalue weighted by atomic mass is 10.00. The van der Waals surface area contributed by atoms with E-state index in [9.17, 15) is 18.0 Å². The summed E-state index contributed by atoms with van der Waals surface area (Å²) in [6.45, 7) is 0.0798. The van der Waals surface area contributed by atoms with Crippen LogP contribution >= 0.6 is 0 Å². The first kappa shape index (κ1) is 23.2. The maximum absolute atomic E-state index is 12.6. The summed E-state index contributed by atoms with van der Waals surface area (Å²) in [5, 5.41) is 2.56. The molecule has 0 aliphatic carbocycles. The van der Waals surface area contributed by atoms with E-state index in [0.717, 1.165) is 12.0 Å². The molecule has 1 aliphatic heterocycles. The van der Waals surface area contributed by atoms with Crippen molar-refractivity contribution in [2.45, 2.75) is 17.7 Å². The van der Waals surface area contributed by atoms with Crippen molar-refractivity contribution in [3.63, 3.8) is 0 Å². The molecule has 0 bridgehead atoms. The second kappa shape index (κ2) is 10.3. The van der Waals surface area contributed by atoms with Gasteiger partial charge in [0.2, 0.25) is 0 Å². The van der Waals surface area contributed by atoms with E-state index >= 15 is 0 Å². The molecule has 0 saturated heterocycles. The van der Waals surface area contributed by atoms with Crippen LogP contribution in [0.15, 0.2) is 88.8 Å². The van der Waals surface area contributed by atoms with Crippen molar-refractivity contribution in [1.82, 2.24) is 4.72 Å². The maximum atomic E-state index is 12.6. The molecule has 1 amide bonds. The Labute approximate surface area is 197 Å². The number of carbonyl (C=O) groups excluding carboxylic acids is 2. The number of esters is 1. The van der Waals surface area contributed by atoms with Gasteiger partial charge in [-0.05, 0) is 41.8 Å². The van der Waals surface area contributed by atoms with Crippen molar-refractivity contribution < 1.29 is 22.7 Å². The lowest BCUT2D eigenvalue weighted by Gasteiger charge is -2.11. The summed E-state index contributed by atoms with van der Waals surface area (Å²) in [7, 11) is -3.81. The van der Waals surface area contributed by atoms with Gasteiger partial charge in [0.15, 0.2) is 6.61 Å². The molecule has 3 aromatic rings. The Bertz CT molecular complexity index is 1340. The van der Waals surface area contributed by atoms with Gasteiger partial charge in [0.1, 0.15) is 5.84 Å². The topological polar surface area (TPSA) is 114 Å². The summed E-state index contributed by atoms with van der Waals surface area (Å²) in [4.78, 5) is 29.1. The fourth-order valence-electron chi connectivity index (χ4n) is 3.51. The summed E-state index contributed by atoms with van der Waals surface area (Å²) in [5.74, 6) is -0.794. The molecule has 0 atom stereocenters. The van der Waals surface area contributed by atoms with Crippen molar-refractivity contribution in [3.8, 4) is 11.1 Å². The number of rotatable bonds is 7. The number of sulfonamides is 1. The van der Waals surface area contributed by atoms with Crippen LogP contribution in [-0.2, 0) is 19.6 Å². The lowest BCUT2D eigenvalue weighted by molar-refractivity contribution is -0.119. The number of hydrogen-bond acceptors (Lipinski definition) is 6. The van der Waals surface area contributed by atoms with Crippen LogP contribution in [0.4, 0.5) is 5.69 Å². The van der Waals surface area contributed by atoms with Crippen LogP contribution in [0.5, 0.6) is 0 Å². The second-order valence-electron chi connectivity index (χ2n) is 7.60. The average molecular weight is 478 g/mol. The Kier molecular flexibility index (Phi) is 7.03. The van der Waals surface area contributed by atoms with E-state index in [1.54, 1.807) is 18.2 Å². The summed E-state index contributed by atoms with van der Waals surface area (Å²) < 4.78 is 32.8. The van der Waals surface area contributed by atoms with Gasteiger partial charge in [-0.3, -0.25) is 14.5 Å². The van der Waals surface area contributed by atoms with Crippen molar-refractivity contribution in [2.24, 2.45) is 4.99 Å². The number of amidine groups is 1. The van der Waals surface area contributed by atoms with Gasteiger partial charge in [-0.2, -0.15) is 0 Å². The smallest absolute Gasteiger partial charge is 0.339 e. The molecule has 0 unspecified atom stereocenters. The van der Waals surface area contributed by atoms with E-state index in [0.29, 0.717) is 29.9 Å². The first-order chi connectivity index (χ1) is 16.4. The molecule has 174 valence electrons. The quantitative estimate of drug-likeness (QED) is 0.505. The van der Waals surface area contributed by atoms with E-state index < -0.39 is 28.5 Å². The average Bonchev–Trinajstić information content (AvgIpc) is 3.35. The van der Waals surface area contributed by atoms with Gasteiger partial charge in [0, 0.05) is 18.7 Å². The molecule has 1 heterocycles. The second-order valence-corrected chi connectivity index (χ2v) is 9.28. The van der Waals surface area contributed by atoms with Crippen LogP contribution in [0.3, 0.4) is 0 Å². The van der Waals surface area contributed by atoms with Gasteiger partial charge in [0.25, 0.3) is 15.9 Å². The molecule has 9 heteroatoms. The number of ether oxygens (including phenoxy) is 1. The van der Waals surface area contributed by atoms with Gasteiger partial charge >= 0.3 is 5.97 Å². The maximum Gasteiger partial charge on any atom is 0.339 e. The molecule has 34 heavy (non-hydrogen) atoms. The monoisotopic (exact) mass is 477 g/mol. The summed E-state index contributed by atoms with van der Waals surface area (Å²) in [6, 6.07) is 22.2. The highest BCUT2D eigenvalue weighted by Gasteiger charge is 2.19. The van der Waals surface area contributed by atoms with Gasteiger partial charge < -0.3 is 10.1 Å². The van der Waals surface area contributed by atoms with Crippen LogP contribution in [0, 0.1) is 0 Å². The number of benzene rings is 3. The summed E-state index contributed by atoms with van der Waals surface area (Å²) >= 11 is 0. The first-order valence-electron chi connectivity index (χ1n) is 10.7. The predicted molar refractivity (Wildman–Crippen MR) is 129 cm³/mol. The van der Waals surface area contributed by atoms with Gasteiger partial charge in [-0.25, -0.2) is 13.2 Å². The molecular formula is C25H23N3O5S. The van der Waals surface area contributed by atoms with Crippen LogP contribution in [0.25, 0.3) is 11.1 Å². The largest absolute Gasteiger partial charge is 0.452 e. The highest BCUT2D eigenvalue weighted by atomic mass is 32.2. The number of nitrogens with zero attached hydrogens (tertiary/aromatic N) is 1. The SMILES string of the molecule is O=C(COC(=O)c1ccccc1-c1ccccc1)Nc1cccc(S(=O)(=O)NC2=NCCC2)c1. The Hall–Kier alpha value is -3.98. The molecule has 8 nitrogen and oxygen atoms in total. The van der Waals surface area contributed by atoms with E-state index in [2.05, 4.69) is 15.0 Å². The molecule has 3 aromatic carbocycles. The van der Waals surface area contributed by atoms with E-state index in [1.165, 1.54) is 18.2 Å². The van der Waals surface area contributed by atoms with Crippen LogP contribution in [-0.4, -0.2) is 39.3 Å². The molecule has 4 rings (SSSR count). The zero-order chi connectivity index (χ0) is 24.0. The van der Waals surface area contributed by atoms with Crippen LogP contribution < -0.4 is 10.0 Å². The molecule has 0 spiro atoms. The molecule has 2 N–H and O–H groups in total. The standard InChI is InChI=1S/C25H23N3O5S/c29-24(17-33-25(30)22-13-5-4-12-21(22)18-8-2-1-3-9-18)27-19-10-6-11-20(16-19)34(31,32)28-23-14-7-15-26-23/h1-6,8-13,16H,7,14-15,17H2,(H,26,28)(H,27,29). The fourth-order valence-corrected chi connectivity index (χ4v) is 4.65. The Balaban J connectivity index is 1.39. The highest BCUT2D eigenvalue weighted by Crippen LogP contribution is 2.24. The summed E-state index contributed by atoms with van der Waals surface area (Å²) in [5.41, 5.74) is 2.16. The van der Waals surface area contributed by atoms with E-state index in [-0.39, 0.29) is 10.6 Å². The minimum Gasteiger partial charge on any atom is -0.452 e. The molecule has 0 radical (unpaired) electrons. The van der Waals surface area contributed by atoms with Gasteiger partial charge in [-0.15, -0.1) is 0 Å². The van der Waals surface area contributed by atoms with Crippen molar-refractivity contribution >= 4 is 33.4 Å². The molecule has 0 saturated carbocycles.